The van der Waals surface area contributed by atoms with Gasteiger partial charge in [0.15, 0.2) is 4.32 Å². The number of amides is 1. The molecule has 204 valence electrons. The predicted octanol–water partition coefficient (Wildman–Crippen LogP) is 5.36. The Balaban J connectivity index is 1.46. The van der Waals surface area contributed by atoms with E-state index < -0.39 is 5.91 Å². The van der Waals surface area contributed by atoms with Gasteiger partial charge in [0, 0.05) is 18.1 Å². The fourth-order valence-electron chi connectivity index (χ4n) is 4.60. The molecule has 1 aliphatic heterocycles. The summed E-state index contributed by atoms with van der Waals surface area (Å²) in [5, 5.41) is 0.470. The van der Waals surface area contributed by atoms with Gasteiger partial charge >= 0.3 is 0 Å². The Bertz CT molecular complexity index is 2010. The van der Waals surface area contributed by atoms with Crippen LogP contribution in [-0.2, 0) is 11.8 Å². The molecule has 0 aliphatic carbocycles. The Morgan fingerprint density at radius 3 is 2.34 bits per heavy atom. The van der Waals surface area contributed by atoms with E-state index in [1.54, 1.807) is 43.1 Å². The van der Waals surface area contributed by atoms with E-state index in [9.17, 15) is 14.4 Å². The molecule has 4 heterocycles. The molecule has 8 nitrogen and oxygen atoms in total. The normalized spacial score (nSPS) is 14.5. The van der Waals surface area contributed by atoms with Crippen molar-refractivity contribution >= 4 is 63.4 Å². The third kappa shape index (κ3) is 4.75. The summed E-state index contributed by atoms with van der Waals surface area (Å²) in [7, 11) is 1.76. The lowest BCUT2D eigenvalue weighted by molar-refractivity contribution is -0.113. The number of hydrogen-bond acceptors (Lipinski definition) is 7. The topological polar surface area (TPSA) is 81.6 Å². The Hall–Kier alpha value is -4.19. The molecule has 6 rings (SSSR count). The standard InChI is InChI=1S/C30H23N5O3S3/c1-18-12-14-21(15-13-18)40-26-22(27(36)33-16-8-7-11-24(33)31-26)17-23-28(37)34(30(39)41-23)25-19(2)32(3)35(29(25)38)20-9-5-4-6-10-20/h4-17H,1-3H3. The van der Waals surface area contributed by atoms with Crippen LogP contribution in [0.15, 0.2) is 103 Å². The number of carbonyl (C=O) groups excluding carboxylic acids is 1. The summed E-state index contributed by atoms with van der Waals surface area (Å²) in [4.78, 5) is 48.3. The van der Waals surface area contributed by atoms with Crippen LogP contribution in [0.25, 0.3) is 17.4 Å². The maximum Gasteiger partial charge on any atom is 0.296 e. The molecule has 0 bridgehead atoms. The summed E-state index contributed by atoms with van der Waals surface area (Å²) in [6.07, 6.45) is 3.19. The quantitative estimate of drug-likeness (QED) is 0.153. The highest BCUT2D eigenvalue weighted by Gasteiger charge is 2.38. The third-order valence-corrected chi connectivity index (χ3v) is 9.10. The lowest BCUT2D eigenvalue weighted by atomic mass is 10.2. The van der Waals surface area contributed by atoms with E-state index in [0.717, 1.165) is 22.2 Å². The van der Waals surface area contributed by atoms with Gasteiger partial charge in [0.25, 0.3) is 17.0 Å². The number of pyridine rings is 1. The van der Waals surface area contributed by atoms with Crippen molar-refractivity contribution in [3.63, 3.8) is 0 Å². The number of nitrogens with zero attached hydrogens (tertiary/aromatic N) is 5. The highest BCUT2D eigenvalue weighted by Crippen LogP contribution is 2.37. The number of fused-ring (bicyclic) bond motifs is 1. The lowest BCUT2D eigenvalue weighted by Crippen LogP contribution is -2.33. The first-order valence-electron chi connectivity index (χ1n) is 12.6. The molecular formula is C30H23N5O3S3. The van der Waals surface area contributed by atoms with Crippen LogP contribution in [0.3, 0.4) is 0 Å². The van der Waals surface area contributed by atoms with E-state index in [1.807, 2.05) is 67.6 Å². The van der Waals surface area contributed by atoms with Gasteiger partial charge in [0.1, 0.15) is 16.4 Å². The summed E-state index contributed by atoms with van der Waals surface area (Å²) < 4.78 is 4.87. The molecule has 2 aromatic carbocycles. The van der Waals surface area contributed by atoms with Crippen molar-refractivity contribution in [1.29, 1.82) is 0 Å². The molecule has 0 atom stereocenters. The molecule has 11 heteroatoms. The van der Waals surface area contributed by atoms with Crippen molar-refractivity contribution in [2.45, 2.75) is 23.8 Å². The van der Waals surface area contributed by atoms with Crippen LogP contribution in [-0.4, -0.2) is 29.0 Å². The molecule has 3 aromatic heterocycles. The van der Waals surface area contributed by atoms with Crippen molar-refractivity contribution in [2.24, 2.45) is 7.05 Å². The summed E-state index contributed by atoms with van der Waals surface area (Å²) in [6.45, 7) is 3.78. The minimum atomic E-state index is -0.463. The van der Waals surface area contributed by atoms with E-state index in [2.05, 4.69) is 0 Å². The molecule has 5 aromatic rings. The molecule has 0 unspecified atom stereocenters. The minimum Gasteiger partial charge on any atom is -0.283 e. The maximum absolute atomic E-state index is 13.8. The smallest absolute Gasteiger partial charge is 0.283 e. The third-order valence-electron chi connectivity index (χ3n) is 6.79. The monoisotopic (exact) mass is 597 g/mol. The van der Waals surface area contributed by atoms with Gasteiger partial charge in [-0.3, -0.25) is 28.4 Å². The first-order chi connectivity index (χ1) is 19.7. The zero-order valence-electron chi connectivity index (χ0n) is 22.3. The maximum atomic E-state index is 13.8. The van der Waals surface area contributed by atoms with Crippen molar-refractivity contribution in [1.82, 2.24) is 18.7 Å². The molecule has 1 amide bonds. The van der Waals surface area contributed by atoms with Gasteiger partial charge in [-0.15, -0.1) is 0 Å². The molecular weight excluding hydrogens is 575 g/mol. The summed E-state index contributed by atoms with van der Waals surface area (Å²) in [6, 6.07) is 22.4. The van der Waals surface area contributed by atoms with Crippen LogP contribution >= 0.6 is 35.7 Å². The van der Waals surface area contributed by atoms with Crippen LogP contribution in [0.2, 0.25) is 0 Å². The Morgan fingerprint density at radius 1 is 0.902 bits per heavy atom. The SMILES string of the molecule is Cc1ccc(Sc2nc3ccccn3c(=O)c2C=C2SC(=S)N(c3c(C)n(C)n(-c4ccccc4)c3=O)C2=O)cc1. The average molecular weight is 598 g/mol. The predicted molar refractivity (Wildman–Crippen MR) is 168 cm³/mol. The van der Waals surface area contributed by atoms with Crippen molar-refractivity contribution in [2.75, 3.05) is 4.90 Å². The van der Waals surface area contributed by atoms with Gasteiger partial charge in [-0.25, -0.2) is 9.67 Å². The van der Waals surface area contributed by atoms with Gasteiger partial charge in [-0.1, -0.05) is 77.7 Å². The number of rotatable bonds is 5. The summed E-state index contributed by atoms with van der Waals surface area (Å²) >= 11 is 8.01. The number of anilines is 1. The van der Waals surface area contributed by atoms with Gasteiger partial charge in [0.2, 0.25) is 0 Å². The summed E-state index contributed by atoms with van der Waals surface area (Å²) in [5.41, 5.74) is 2.65. The molecule has 1 saturated heterocycles. The second-order valence-corrected chi connectivity index (χ2v) is 12.1. The number of hydrogen-bond donors (Lipinski definition) is 0. The average Bonchev–Trinajstić information content (AvgIpc) is 3.36. The number of aromatic nitrogens is 4. The molecule has 1 fully saturated rings. The fraction of sp³-hybridized carbons (Fsp3) is 0.100. The Morgan fingerprint density at radius 2 is 1.61 bits per heavy atom. The zero-order chi connectivity index (χ0) is 28.8. The molecule has 0 spiro atoms. The largest absolute Gasteiger partial charge is 0.296 e. The second-order valence-electron chi connectivity index (χ2n) is 9.41. The van der Waals surface area contributed by atoms with Crippen LogP contribution < -0.4 is 16.0 Å². The first-order valence-corrected chi connectivity index (χ1v) is 14.7. The molecule has 41 heavy (non-hydrogen) atoms. The number of benzene rings is 2. The fourth-order valence-corrected chi connectivity index (χ4v) is 6.75. The highest BCUT2D eigenvalue weighted by atomic mass is 32.2. The molecule has 0 N–H and O–H groups in total. The van der Waals surface area contributed by atoms with Gasteiger partial charge in [0.05, 0.1) is 21.8 Å². The first kappa shape index (κ1) is 27.0. The van der Waals surface area contributed by atoms with Crippen LogP contribution in [0.4, 0.5) is 5.69 Å². The lowest BCUT2D eigenvalue weighted by Gasteiger charge is -2.12. The second kappa shape index (κ2) is 10.7. The van der Waals surface area contributed by atoms with Crippen LogP contribution in [0, 0.1) is 13.8 Å². The van der Waals surface area contributed by atoms with Crippen molar-refractivity contribution in [3.8, 4) is 5.69 Å². The number of aryl methyl sites for hydroxylation is 1. The minimum absolute atomic E-state index is 0.185. The molecule has 1 aliphatic rings. The van der Waals surface area contributed by atoms with E-state index in [4.69, 9.17) is 17.2 Å². The van der Waals surface area contributed by atoms with Gasteiger partial charge < -0.3 is 0 Å². The molecule has 0 radical (unpaired) electrons. The van der Waals surface area contributed by atoms with Crippen LogP contribution in [0.1, 0.15) is 16.8 Å². The van der Waals surface area contributed by atoms with Crippen molar-refractivity contribution in [3.05, 3.63) is 121 Å². The van der Waals surface area contributed by atoms with E-state index in [0.29, 0.717) is 22.1 Å². The van der Waals surface area contributed by atoms with Gasteiger partial charge in [-0.05, 0) is 56.3 Å². The number of carbonyl (C=O) groups is 1. The van der Waals surface area contributed by atoms with E-state index >= 15 is 0 Å². The Labute approximate surface area is 248 Å². The van der Waals surface area contributed by atoms with E-state index in [-0.39, 0.29) is 31.6 Å². The number of thioether (sulfide) groups is 1. The van der Waals surface area contributed by atoms with E-state index in [1.165, 1.54) is 25.7 Å². The zero-order valence-corrected chi connectivity index (χ0v) is 24.7. The number of para-hydroxylation sites is 1. The Kier molecular flexibility index (Phi) is 7.02. The van der Waals surface area contributed by atoms with Crippen LogP contribution in [0.5, 0.6) is 0 Å². The summed E-state index contributed by atoms with van der Waals surface area (Å²) in [5.74, 6) is -0.463. The highest BCUT2D eigenvalue weighted by molar-refractivity contribution is 8.27. The van der Waals surface area contributed by atoms with Gasteiger partial charge in [-0.2, -0.15) is 0 Å². The van der Waals surface area contributed by atoms with Crippen molar-refractivity contribution < 1.29 is 4.79 Å². The number of thiocarbonyl (C=S) groups is 1. The molecule has 0 saturated carbocycles.